The molecule has 0 amide bonds. The first-order valence-corrected chi connectivity index (χ1v) is 6.90. The van der Waals surface area contributed by atoms with Gasteiger partial charge in [-0.25, -0.2) is 4.68 Å². The smallest absolute Gasteiger partial charge is 0.109 e. The second kappa shape index (κ2) is 6.89. The van der Waals surface area contributed by atoms with Crippen LogP contribution in [0.15, 0.2) is 24.4 Å². The number of ether oxygens (including phenoxy) is 1. The van der Waals surface area contributed by atoms with Crippen LogP contribution in [-0.2, 0) is 11.3 Å². The van der Waals surface area contributed by atoms with Crippen LogP contribution in [-0.4, -0.2) is 21.6 Å². The molecule has 0 saturated carbocycles. The van der Waals surface area contributed by atoms with E-state index in [1.807, 2.05) is 0 Å². The molecule has 0 saturated heterocycles. The van der Waals surface area contributed by atoms with Crippen molar-refractivity contribution in [2.75, 3.05) is 6.61 Å². The van der Waals surface area contributed by atoms with Gasteiger partial charge >= 0.3 is 0 Å². The second-order valence-electron chi connectivity index (χ2n) is 4.16. The summed E-state index contributed by atoms with van der Waals surface area (Å²) in [6.07, 6.45) is 3.96. The van der Waals surface area contributed by atoms with E-state index in [1.165, 1.54) is 0 Å². The summed E-state index contributed by atoms with van der Waals surface area (Å²) in [5.74, 6) is 0. The lowest BCUT2D eigenvalue weighted by atomic mass is 10.3. The number of aromatic nitrogens is 3. The van der Waals surface area contributed by atoms with E-state index in [4.69, 9.17) is 27.9 Å². The number of nitrogens with zero attached hydrogens (tertiary/aromatic N) is 3. The average molecular weight is 300 g/mol. The summed E-state index contributed by atoms with van der Waals surface area (Å²) < 4.78 is 7.09. The first kappa shape index (κ1) is 14.3. The van der Waals surface area contributed by atoms with Crippen molar-refractivity contribution in [3.63, 3.8) is 0 Å². The van der Waals surface area contributed by atoms with Crippen LogP contribution < -0.4 is 0 Å². The Hall–Kier alpha value is -1.10. The Morgan fingerprint density at radius 1 is 1.32 bits per heavy atom. The molecule has 1 aromatic heterocycles. The van der Waals surface area contributed by atoms with E-state index in [9.17, 15) is 0 Å². The molecule has 0 atom stereocenters. The second-order valence-corrected chi connectivity index (χ2v) is 5.00. The number of halogens is 2. The van der Waals surface area contributed by atoms with Gasteiger partial charge in [0, 0.05) is 11.6 Å². The molecule has 0 aliphatic rings. The highest BCUT2D eigenvalue weighted by Gasteiger charge is 2.07. The minimum absolute atomic E-state index is 0.457. The maximum atomic E-state index is 6.11. The predicted octanol–water partition coefficient (Wildman–Crippen LogP) is 3.89. The van der Waals surface area contributed by atoms with E-state index < -0.39 is 0 Å². The zero-order chi connectivity index (χ0) is 13.7. The van der Waals surface area contributed by atoms with Crippen LogP contribution in [0.2, 0.25) is 10.0 Å². The summed E-state index contributed by atoms with van der Waals surface area (Å²) in [5, 5.41) is 9.26. The maximum Gasteiger partial charge on any atom is 0.109 e. The van der Waals surface area contributed by atoms with Crippen molar-refractivity contribution in [2.45, 2.75) is 26.4 Å². The zero-order valence-corrected chi connectivity index (χ0v) is 12.2. The van der Waals surface area contributed by atoms with Crippen molar-refractivity contribution in [2.24, 2.45) is 0 Å². The average Bonchev–Trinajstić information content (AvgIpc) is 2.86. The Kier molecular flexibility index (Phi) is 5.19. The Balaban J connectivity index is 2.06. The van der Waals surface area contributed by atoms with Crippen LogP contribution in [0.25, 0.3) is 5.69 Å². The lowest BCUT2D eigenvalue weighted by molar-refractivity contribution is 0.115. The molecule has 2 aromatic rings. The minimum Gasteiger partial charge on any atom is -0.375 e. The quantitative estimate of drug-likeness (QED) is 0.760. The van der Waals surface area contributed by atoms with E-state index in [2.05, 4.69) is 17.2 Å². The SMILES string of the molecule is CCCCOCc1cn(-c2cc(Cl)ccc2Cl)nn1. The molecule has 6 heteroatoms. The third kappa shape index (κ3) is 3.93. The van der Waals surface area contributed by atoms with Gasteiger partial charge in [0.25, 0.3) is 0 Å². The summed E-state index contributed by atoms with van der Waals surface area (Å²) in [6.45, 7) is 3.32. The number of unbranched alkanes of at least 4 members (excludes halogenated alkanes) is 1. The summed E-state index contributed by atoms with van der Waals surface area (Å²) in [4.78, 5) is 0. The zero-order valence-electron chi connectivity index (χ0n) is 10.6. The van der Waals surface area contributed by atoms with Crippen molar-refractivity contribution in [1.82, 2.24) is 15.0 Å². The lowest BCUT2D eigenvalue weighted by Gasteiger charge is -2.03. The summed E-state index contributed by atoms with van der Waals surface area (Å²) >= 11 is 12.1. The van der Waals surface area contributed by atoms with Gasteiger partial charge in [-0.1, -0.05) is 41.8 Å². The van der Waals surface area contributed by atoms with Crippen molar-refractivity contribution < 1.29 is 4.74 Å². The highest BCUT2D eigenvalue weighted by molar-refractivity contribution is 6.34. The van der Waals surface area contributed by atoms with Crippen molar-refractivity contribution in [3.05, 3.63) is 40.1 Å². The van der Waals surface area contributed by atoms with Gasteiger partial charge in [0.2, 0.25) is 0 Å². The molecular weight excluding hydrogens is 285 g/mol. The standard InChI is InChI=1S/C13H15Cl2N3O/c1-2-3-6-19-9-11-8-18(17-16-11)13-7-10(14)4-5-12(13)15/h4-5,7-8H,2-3,6,9H2,1H3. The Bertz CT molecular complexity index is 542. The first-order valence-electron chi connectivity index (χ1n) is 6.15. The lowest BCUT2D eigenvalue weighted by Crippen LogP contribution is -1.96. The van der Waals surface area contributed by atoms with Crippen LogP contribution in [0.3, 0.4) is 0 Å². The molecule has 0 radical (unpaired) electrons. The molecular formula is C13H15Cl2N3O. The van der Waals surface area contributed by atoms with Crippen LogP contribution in [0.5, 0.6) is 0 Å². The van der Waals surface area contributed by atoms with Gasteiger partial charge in [-0.05, 0) is 24.6 Å². The van der Waals surface area contributed by atoms with E-state index in [0.717, 1.165) is 25.1 Å². The molecule has 1 aromatic carbocycles. The van der Waals surface area contributed by atoms with Gasteiger partial charge in [-0.15, -0.1) is 5.10 Å². The monoisotopic (exact) mass is 299 g/mol. The fourth-order valence-electron chi connectivity index (χ4n) is 1.57. The van der Waals surface area contributed by atoms with Crippen LogP contribution in [0.1, 0.15) is 25.5 Å². The summed E-state index contributed by atoms with van der Waals surface area (Å²) in [5.41, 5.74) is 1.48. The highest BCUT2D eigenvalue weighted by atomic mass is 35.5. The molecule has 0 spiro atoms. The fraction of sp³-hybridized carbons (Fsp3) is 0.385. The van der Waals surface area contributed by atoms with E-state index in [-0.39, 0.29) is 0 Å². The van der Waals surface area contributed by atoms with Gasteiger partial charge in [-0.2, -0.15) is 0 Å². The van der Waals surface area contributed by atoms with Gasteiger partial charge in [0.1, 0.15) is 5.69 Å². The normalized spacial score (nSPS) is 10.9. The summed E-state index contributed by atoms with van der Waals surface area (Å²) in [7, 11) is 0. The minimum atomic E-state index is 0.457. The Labute approximate surface area is 122 Å². The van der Waals surface area contributed by atoms with Crippen molar-refractivity contribution in [1.29, 1.82) is 0 Å². The number of hydrogen-bond acceptors (Lipinski definition) is 3. The molecule has 0 unspecified atom stereocenters. The Morgan fingerprint density at radius 2 is 2.16 bits per heavy atom. The summed E-state index contributed by atoms with van der Waals surface area (Å²) in [6, 6.07) is 5.22. The molecule has 102 valence electrons. The largest absolute Gasteiger partial charge is 0.375 e. The third-order valence-electron chi connectivity index (χ3n) is 2.59. The molecule has 2 rings (SSSR count). The van der Waals surface area contributed by atoms with Gasteiger partial charge < -0.3 is 4.74 Å². The molecule has 19 heavy (non-hydrogen) atoms. The van der Waals surface area contributed by atoms with Crippen LogP contribution in [0.4, 0.5) is 0 Å². The highest BCUT2D eigenvalue weighted by Crippen LogP contribution is 2.23. The van der Waals surface area contributed by atoms with E-state index >= 15 is 0 Å². The van der Waals surface area contributed by atoms with Gasteiger partial charge in [0.15, 0.2) is 0 Å². The molecule has 1 heterocycles. The topological polar surface area (TPSA) is 39.9 Å². The van der Waals surface area contributed by atoms with Gasteiger partial charge in [0.05, 0.1) is 23.5 Å². The van der Waals surface area contributed by atoms with E-state index in [1.54, 1.807) is 29.1 Å². The molecule has 0 fully saturated rings. The molecule has 0 aliphatic carbocycles. The van der Waals surface area contributed by atoms with E-state index in [0.29, 0.717) is 22.3 Å². The number of hydrogen-bond donors (Lipinski definition) is 0. The molecule has 4 nitrogen and oxygen atoms in total. The van der Waals surface area contributed by atoms with Crippen molar-refractivity contribution >= 4 is 23.2 Å². The van der Waals surface area contributed by atoms with Crippen LogP contribution in [0, 0.1) is 0 Å². The number of rotatable bonds is 6. The van der Waals surface area contributed by atoms with Crippen LogP contribution >= 0.6 is 23.2 Å². The molecule has 0 aliphatic heterocycles. The Morgan fingerprint density at radius 3 is 2.95 bits per heavy atom. The van der Waals surface area contributed by atoms with Gasteiger partial charge in [-0.3, -0.25) is 0 Å². The number of benzene rings is 1. The molecule has 0 bridgehead atoms. The van der Waals surface area contributed by atoms with Crippen molar-refractivity contribution in [3.8, 4) is 5.69 Å². The maximum absolute atomic E-state index is 6.11. The molecule has 0 N–H and O–H groups in total. The first-order chi connectivity index (χ1) is 9.20. The fourth-order valence-corrected chi connectivity index (χ4v) is 1.94. The third-order valence-corrected chi connectivity index (χ3v) is 3.14. The predicted molar refractivity (Wildman–Crippen MR) is 75.9 cm³/mol.